The van der Waals surface area contributed by atoms with Gasteiger partial charge in [-0.05, 0) is 66.5 Å². The first kappa shape index (κ1) is 40.5. The van der Waals surface area contributed by atoms with Gasteiger partial charge in [0, 0.05) is 24.2 Å². The van der Waals surface area contributed by atoms with Crippen LogP contribution in [0.4, 0.5) is 14.9 Å². The maximum Gasteiger partial charge on any atom is 0.410 e. The molecule has 2 aliphatic heterocycles. The largest absolute Gasteiger partial charge is 0.465 e. The van der Waals surface area contributed by atoms with E-state index >= 15 is 0 Å². The fraction of sp³-hybridized carbons (Fsp3) is 0.553. The summed E-state index contributed by atoms with van der Waals surface area (Å²) in [7, 11) is -2.62. The summed E-state index contributed by atoms with van der Waals surface area (Å²) >= 11 is 0. The van der Waals surface area contributed by atoms with Crippen LogP contribution in [0, 0.1) is 17.2 Å². The molecule has 3 fully saturated rings. The number of hydrogen-bond donors (Lipinski definition) is 3. The number of likely N-dealkylation sites (tertiary alicyclic amines) is 1. The van der Waals surface area contributed by atoms with E-state index in [9.17, 15) is 36.8 Å². The van der Waals surface area contributed by atoms with Crippen LogP contribution < -0.4 is 15.4 Å². The molecule has 0 aromatic heterocycles. The quantitative estimate of drug-likeness (QED) is 0.282. The van der Waals surface area contributed by atoms with Crippen molar-refractivity contribution in [1.82, 2.24) is 19.8 Å². The second kappa shape index (κ2) is 15.2. The van der Waals surface area contributed by atoms with Gasteiger partial charge < -0.3 is 25.0 Å². The highest BCUT2D eigenvalue weighted by atomic mass is 32.2. The molecule has 0 bridgehead atoms. The van der Waals surface area contributed by atoms with E-state index in [1.807, 2.05) is 27.7 Å². The van der Waals surface area contributed by atoms with E-state index in [0.29, 0.717) is 41.6 Å². The minimum absolute atomic E-state index is 0. The van der Waals surface area contributed by atoms with Gasteiger partial charge >= 0.3 is 12.1 Å². The van der Waals surface area contributed by atoms with Crippen molar-refractivity contribution in [3.05, 3.63) is 65.0 Å². The molecular formula is C38H50FN5O9S. The van der Waals surface area contributed by atoms with Crippen LogP contribution in [0.15, 0.2) is 42.5 Å². The Morgan fingerprint density at radius 3 is 2.30 bits per heavy atom. The van der Waals surface area contributed by atoms with Crippen LogP contribution in [-0.2, 0) is 47.0 Å². The van der Waals surface area contributed by atoms with Gasteiger partial charge in [0.1, 0.15) is 29.5 Å². The van der Waals surface area contributed by atoms with Crippen molar-refractivity contribution in [2.45, 2.75) is 109 Å². The molecule has 3 N–H and O–H groups in total. The molecule has 14 nitrogen and oxygen atoms in total. The summed E-state index contributed by atoms with van der Waals surface area (Å²) in [6.07, 6.45) is -0.140. The molecule has 2 aliphatic carbocycles. The average Bonchev–Trinajstić information content (AvgIpc) is 4.00. The number of ether oxygens (including phenoxy) is 2. The van der Waals surface area contributed by atoms with Gasteiger partial charge in [-0.3, -0.25) is 24.0 Å². The Morgan fingerprint density at radius 1 is 1.04 bits per heavy atom. The number of methoxy groups -OCH3 is 1. The second-order valence-corrected chi connectivity index (χ2v) is 17.4. The summed E-state index contributed by atoms with van der Waals surface area (Å²) < 4.78 is 52.6. The summed E-state index contributed by atoms with van der Waals surface area (Å²) in [5.41, 5.74) is -0.317. The van der Waals surface area contributed by atoms with Gasteiger partial charge in [0.25, 0.3) is 5.91 Å². The number of nitrogens with zero attached hydrogens (tertiary/aromatic N) is 2. The van der Waals surface area contributed by atoms with Crippen molar-refractivity contribution in [2.75, 3.05) is 19.0 Å². The molecule has 5 atom stereocenters. The molecule has 2 aromatic rings. The lowest BCUT2D eigenvalue weighted by Crippen LogP contribution is -2.58. The van der Waals surface area contributed by atoms with Gasteiger partial charge in [0.15, 0.2) is 0 Å². The van der Waals surface area contributed by atoms with E-state index in [1.165, 1.54) is 23.0 Å². The molecule has 54 heavy (non-hydrogen) atoms. The van der Waals surface area contributed by atoms with Gasteiger partial charge in [0.2, 0.25) is 21.8 Å². The van der Waals surface area contributed by atoms with Crippen molar-refractivity contribution in [1.29, 1.82) is 0 Å². The van der Waals surface area contributed by atoms with Gasteiger partial charge in [-0.2, -0.15) is 0 Å². The van der Waals surface area contributed by atoms with E-state index in [-0.39, 0.29) is 45.8 Å². The Kier molecular flexibility index (Phi) is 11.4. The van der Waals surface area contributed by atoms with E-state index < -0.39 is 80.0 Å². The Hall–Kier alpha value is -4.73. The first-order valence-electron chi connectivity index (χ1n) is 17.8. The van der Waals surface area contributed by atoms with Crippen molar-refractivity contribution < 1.29 is 46.3 Å². The van der Waals surface area contributed by atoms with Crippen molar-refractivity contribution in [3.63, 3.8) is 0 Å². The fourth-order valence-electron chi connectivity index (χ4n) is 7.20. The normalized spacial score (nSPS) is 23.7. The molecule has 6 rings (SSSR count). The number of carbonyl (C=O) groups excluding carboxylic acids is 5. The molecule has 2 saturated carbocycles. The lowest BCUT2D eigenvalue weighted by molar-refractivity contribution is -0.141. The Balaban J connectivity index is 0.00000561. The smallest absolute Gasteiger partial charge is 0.410 e. The molecule has 0 unspecified atom stereocenters. The molecule has 4 amide bonds. The molecule has 2 heterocycles. The third-order valence-electron chi connectivity index (χ3n) is 10.6. The zero-order chi connectivity index (χ0) is 38.5. The third-order valence-corrected chi connectivity index (χ3v) is 12.4. The number of esters is 1. The van der Waals surface area contributed by atoms with Crippen LogP contribution in [0.25, 0.3) is 0 Å². The zero-order valence-electron chi connectivity index (χ0n) is 30.4. The van der Waals surface area contributed by atoms with Crippen LogP contribution in [-0.4, -0.2) is 90.6 Å². The van der Waals surface area contributed by atoms with Crippen molar-refractivity contribution >= 4 is 45.5 Å². The second-order valence-electron chi connectivity index (χ2n) is 15.4. The number of benzene rings is 2. The highest BCUT2D eigenvalue weighted by Crippen LogP contribution is 2.47. The number of sulfonamides is 1. The van der Waals surface area contributed by atoms with Crippen LogP contribution in [0.5, 0.6) is 0 Å². The minimum atomic E-state index is -3.89. The maximum absolute atomic E-state index is 14.6. The van der Waals surface area contributed by atoms with E-state index in [2.05, 4.69) is 15.4 Å². The van der Waals surface area contributed by atoms with Crippen molar-refractivity contribution in [2.24, 2.45) is 11.3 Å². The molecule has 16 heteroatoms. The maximum atomic E-state index is 14.6. The minimum Gasteiger partial charge on any atom is -0.465 e. The lowest BCUT2D eigenvalue weighted by atomic mass is 9.85. The molecule has 0 radical (unpaired) electrons. The third kappa shape index (κ3) is 8.17. The number of nitrogens with one attached hydrogen (secondary N) is 3. The number of carbonyl (C=O) groups is 5. The van der Waals surface area contributed by atoms with E-state index in [1.54, 1.807) is 36.4 Å². The Labute approximate surface area is 315 Å². The number of amides is 4. The molecule has 294 valence electrons. The Bertz CT molecular complexity index is 1910. The predicted octanol–water partition coefficient (Wildman–Crippen LogP) is 4.09. The zero-order valence-corrected chi connectivity index (χ0v) is 31.3. The highest BCUT2D eigenvalue weighted by molar-refractivity contribution is 7.91. The molecule has 2 aromatic carbocycles. The summed E-state index contributed by atoms with van der Waals surface area (Å²) in [6.45, 7) is 7.35. The number of hydrogen-bond acceptors (Lipinski definition) is 10. The van der Waals surface area contributed by atoms with E-state index in [0.717, 1.165) is 0 Å². The standard InChI is InChI=1S/C37H46FN5O9S.CH4/c1-6-23-17-37(23,34(47)41-53(49,50)26-14-15-26)40-31(44)29-16-25(52-35(48)42-18-22-8-7-9-28(38)27(22)20-42)19-43(29)32(45)30(36(2,3)4)39-24-12-10-21(11-13-24)33(46)51-5;/h7-13,23,25-26,29-30,39H,6,14-20H2,1-5H3,(H,40,44)(H,41,47);1H4/t23-,25-,29+,30-,37-;/m1./s1. The first-order chi connectivity index (χ1) is 25.0. The first-order valence-corrected chi connectivity index (χ1v) is 19.4. The van der Waals surface area contributed by atoms with Crippen LogP contribution in [0.3, 0.4) is 0 Å². The molecular weight excluding hydrogens is 722 g/mol. The number of fused-ring (bicyclic) bond motifs is 1. The number of rotatable bonds is 11. The summed E-state index contributed by atoms with van der Waals surface area (Å²) in [5, 5.41) is 5.40. The average molecular weight is 772 g/mol. The summed E-state index contributed by atoms with van der Waals surface area (Å²) in [6, 6.07) is 8.87. The fourth-order valence-corrected chi connectivity index (χ4v) is 8.56. The molecule has 4 aliphatic rings. The highest BCUT2D eigenvalue weighted by Gasteiger charge is 2.62. The van der Waals surface area contributed by atoms with Crippen LogP contribution in [0.2, 0.25) is 0 Å². The van der Waals surface area contributed by atoms with Gasteiger partial charge in [-0.25, -0.2) is 22.4 Å². The predicted molar refractivity (Wildman–Crippen MR) is 197 cm³/mol. The van der Waals surface area contributed by atoms with Crippen LogP contribution in [0.1, 0.15) is 88.7 Å². The molecule has 0 spiro atoms. The Morgan fingerprint density at radius 2 is 1.72 bits per heavy atom. The monoisotopic (exact) mass is 771 g/mol. The number of halogens is 1. The van der Waals surface area contributed by atoms with E-state index in [4.69, 9.17) is 9.47 Å². The molecule has 1 saturated heterocycles. The van der Waals surface area contributed by atoms with Crippen LogP contribution >= 0.6 is 0 Å². The van der Waals surface area contributed by atoms with Crippen molar-refractivity contribution in [3.8, 4) is 0 Å². The summed E-state index contributed by atoms with van der Waals surface area (Å²) in [5.74, 6) is -3.25. The topological polar surface area (TPSA) is 181 Å². The van der Waals surface area contributed by atoms with Gasteiger partial charge in [-0.15, -0.1) is 0 Å². The SMILES string of the molecule is C.CC[C@@H]1C[C@]1(NC(=O)[C@@H]1C[C@@H](OC(=O)N2Cc3cccc(F)c3C2)CN1C(=O)[C@@H](Nc1ccc(C(=O)OC)cc1)C(C)(C)C)C(=O)NS(=O)(=O)C1CC1. The number of anilines is 1. The lowest BCUT2D eigenvalue weighted by Gasteiger charge is -2.36. The summed E-state index contributed by atoms with van der Waals surface area (Å²) in [4.78, 5) is 70.3. The van der Waals surface area contributed by atoms with Gasteiger partial charge in [-0.1, -0.05) is 53.7 Å². The van der Waals surface area contributed by atoms with Gasteiger partial charge in [0.05, 0.1) is 31.0 Å².